The van der Waals surface area contributed by atoms with Gasteiger partial charge in [0.1, 0.15) is 16.4 Å². The Hall–Kier alpha value is -2.12. The van der Waals surface area contributed by atoms with E-state index >= 15 is 0 Å². The summed E-state index contributed by atoms with van der Waals surface area (Å²) < 4.78 is 10.8. The molecule has 3 rings (SSSR count). The molecule has 0 saturated carbocycles. The highest BCUT2D eigenvalue weighted by Gasteiger charge is 2.23. The molecule has 1 aliphatic rings. The fourth-order valence-corrected chi connectivity index (χ4v) is 4.42. The highest BCUT2D eigenvalue weighted by atomic mass is 32.1. The van der Waals surface area contributed by atoms with Crippen LogP contribution in [0.3, 0.4) is 0 Å². The number of amides is 1. The van der Waals surface area contributed by atoms with Crippen LogP contribution >= 0.6 is 11.3 Å². The number of alkyl carbamates (subject to hydrolysis) is 1. The number of nitrogens with one attached hydrogen (secondary N) is 1. The predicted octanol–water partition coefficient (Wildman–Crippen LogP) is 4.95. The highest BCUT2D eigenvalue weighted by Crippen LogP contribution is 2.27. The quantitative estimate of drug-likeness (QED) is 0.672. The minimum atomic E-state index is -0.464. The van der Waals surface area contributed by atoms with Crippen LogP contribution < -0.4 is 10.1 Å². The van der Waals surface area contributed by atoms with Gasteiger partial charge in [0.15, 0.2) is 0 Å². The van der Waals surface area contributed by atoms with Crippen LogP contribution in [0.15, 0.2) is 29.6 Å². The molecule has 0 radical (unpaired) electrons. The third kappa shape index (κ3) is 6.99. The van der Waals surface area contributed by atoms with Crippen LogP contribution in [0.2, 0.25) is 0 Å². The van der Waals surface area contributed by atoms with Gasteiger partial charge >= 0.3 is 6.09 Å². The lowest BCUT2D eigenvalue weighted by molar-refractivity contribution is 0.0506. The standard InChI is InChI=1S/C23H33N3O3S/c1-5-28-20-10-8-18(9-11-20)21-25-19(16-30-21)15-26-12-6-7-17(14-26)13-24-22(27)29-23(2,3)4/h8-11,16-17H,5-7,12-15H2,1-4H3,(H,24,27). The number of carbonyl (C=O) groups excluding carboxylic acids is 1. The Bertz CT molecular complexity index is 814. The van der Waals surface area contributed by atoms with E-state index in [0.717, 1.165) is 54.5 Å². The molecule has 1 aromatic carbocycles. The van der Waals surface area contributed by atoms with Crippen molar-refractivity contribution < 1.29 is 14.3 Å². The molecule has 1 aromatic heterocycles. The van der Waals surface area contributed by atoms with Crippen molar-refractivity contribution in [3.8, 4) is 16.3 Å². The van der Waals surface area contributed by atoms with Crippen molar-refractivity contribution in [2.75, 3.05) is 26.2 Å². The maximum Gasteiger partial charge on any atom is 0.407 e. The summed E-state index contributed by atoms with van der Waals surface area (Å²) in [5, 5.41) is 6.10. The highest BCUT2D eigenvalue weighted by molar-refractivity contribution is 7.13. The van der Waals surface area contributed by atoms with Gasteiger partial charge in [-0.3, -0.25) is 4.90 Å². The third-order valence-electron chi connectivity index (χ3n) is 4.89. The van der Waals surface area contributed by atoms with Crippen LogP contribution in [0.5, 0.6) is 5.75 Å². The van der Waals surface area contributed by atoms with Crippen molar-refractivity contribution in [2.45, 2.75) is 52.7 Å². The van der Waals surface area contributed by atoms with Gasteiger partial charge in [0.05, 0.1) is 12.3 Å². The lowest BCUT2D eigenvalue weighted by atomic mass is 9.98. The van der Waals surface area contributed by atoms with Crippen molar-refractivity contribution >= 4 is 17.4 Å². The number of likely N-dealkylation sites (tertiary alicyclic amines) is 1. The zero-order valence-electron chi connectivity index (χ0n) is 18.4. The van der Waals surface area contributed by atoms with Crippen molar-refractivity contribution in [1.29, 1.82) is 0 Å². The Labute approximate surface area is 183 Å². The molecule has 1 fully saturated rings. The van der Waals surface area contributed by atoms with Crippen molar-refractivity contribution in [3.63, 3.8) is 0 Å². The van der Waals surface area contributed by atoms with Gasteiger partial charge in [-0.25, -0.2) is 9.78 Å². The number of piperidine rings is 1. The molecule has 7 heteroatoms. The third-order valence-corrected chi connectivity index (χ3v) is 5.83. The number of rotatable bonds is 7. The number of carbonyl (C=O) groups is 1. The number of thiazole rings is 1. The first-order chi connectivity index (χ1) is 14.3. The molecule has 2 heterocycles. The van der Waals surface area contributed by atoms with E-state index in [4.69, 9.17) is 14.5 Å². The van der Waals surface area contributed by atoms with Crippen LogP contribution in [0.4, 0.5) is 4.79 Å². The molecule has 6 nitrogen and oxygen atoms in total. The van der Waals surface area contributed by atoms with E-state index in [0.29, 0.717) is 19.1 Å². The molecule has 1 aliphatic heterocycles. The molecule has 1 unspecified atom stereocenters. The summed E-state index contributed by atoms with van der Waals surface area (Å²) in [7, 11) is 0. The average Bonchev–Trinajstić information content (AvgIpc) is 3.15. The number of benzene rings is 1. The number of hydrogen-bond acceptors (Lipinski definition) is 6. The summed E-state index contributed by atoms with van der Waals surface area (Å²) in [6.45, 7) is 11.8. The normalized spacial score (nSPS) is 17.5. The van der Waals surface area contributed by atoms with E-state index in [1.165, 1.54) is 0 Å². The van der Waals surface area contributed by atoms with Crippen LogP contribution in [0.25, 0.3) is 10.6 Å². The molecule has 1 saturated heterocycles. The summed E-state index contributed by atoms with van der Waals surface area (Å²) in [5.41, 5.74) is 1.76. The predicted molar refractivity (Wildman–Crippen MR) is 121 cm³/mol. The summed E-state index contributed by atoms with van der Waals surface area (Å²) in [4.78, 5) is 19.2. The lowest BCUT2D eigenvalue weighted by Crippen LogP contribution is -2.41. The summed E-state index contributed by atoms with van der Waals surface area (Å²) in [5.74, 6) is 1.33. The zero-order chi connectivity index (χ0) is 21.6. The van der Waals surface area contributed by atoms with Crippen molar-refractivity contribution in [1.82, 2.24) is 15.2 Å². The maximum atomic E-state index is 11.9. The van der Waals surface area contributed by atoms with Gasteiger partial charge in [0.25, 0.3) is 0 Å². The first-order valence-electron chi connectivity index (χ1n) is 10.7. The Morgan fingerprint density at radius 3 is 2.77 bits per heavy atom. The fourth-order valence-electron chi connectivity index (χ4n) is 3.61. The first kappa shape index (κ1) is 22.6. The lowest BCUT2D eigenvalue weighted by Gasteiger charge is -2.32. The smallest absolute Gasteiger partial charge is 0.407 e. The van der Waals surface area contributed by atoms with E-state index in [-0.39, 0.29) is 6.09 Å². The molecule has 1 atom stereocenters. The van der Waals surface area contributed by atoms with Crippen molar-refractivity contribution in [2.24, 2.45) is 5.92 Å². The minimum absolute atomic E-state index is 0.334. The largest absolute Gasteiger partial charge is 0.494 e. The molecule has 0 spiro atoms. The summed E-state index contributed by atoms with van der Waals surface area (Å²) >= 11 is 1.68. The van der Waals surface area contributed by atoms with E-state index in [9.17, 15) is 4.79 Å². The van der Waals surface area contributed by atoms with E-state index in [1.54, 1.807) is 11.3 Å². The molecular formula is C23H33N3O3S. The number of hydrogen-bond donors (Lipinski definition) is 1. The number of aromatic nitrogens is 1. The van der Waals surface area contributed by atoms with Crippen LogP contribution in [0.1, 0.15) is 46.2 Å². The van der Waals surface area contributed by atoms with Gasteiger partial charge in [0, 0.05) is 30.6 Å². The molecule has 164 valence electrons. The summed E-state index contributed by atoms with van der Waals surface area (Å²) in [6, 6.07) is 8.11. The molecule has 30 heavy (non-hydrogen) atoms. The van der Waals surface area contributed by atoms with E-state index in [1.807, 2.05) is 39.8 Å². The Morgan fingerprint density at radius 2 is 2.07 bits per heavy atom. The van der Waals surface area contributed by atoms with Gasteiger partial charge in [-0.2, -0.15) is 0 Å². The maximum absolute atomic E-state index is 11.9. The van der Waals surface area contributed by atoms with Gasteiger partial charge in [0.2, 0.25) is 0 Å². The molecule has 1 amide bonds. The molecule has 1 N–H and O–H groups in total. The van der Waals surface area contributed by atoms with Gasteiger partial charge in [-0.1, -0.05) is 0 Å². The molecule has 2 aromatic rings. The van der Waals surface area contributed by atoms with Gasteiger partial charge < -0.3 is 14.8 Å². The molecule has 0 aliphatic carbocycles. The van der Waals surface area contributed by atoms with Crippen LogP contribution in [-0.4, -0.2) is 47.8 Å². The first-order valence-corrected chi connectivity index (χ1v) is 11.6. The number of ether oxygens (including phenoxy) is 2. The minimum Gasteiger partial charge on any atom is -0.494 e. The van der Waals surface area contributed by atoms with Crippen molar-refractivity contribution in [3.05, 3.63) is 35.3 Å². The van der Waals surface area contributed by atoms with E-state index < -0.39 is 5.60 Å². The second-order valence-corrected chi connectivity index (χ2v) is 9.59. The Balaban J connectivity index is 1.50. The van der Waals surface area contributed by atoms with Crippen LogP contribution in [-0.2, 0) is 11.3 Å². The second-order valence-electron chi connectivity index (χ2n) is 8.73. The molecule has 0 bridgehead atoms. The van der Waals surface area contributed by atoms with Gasteiger partial charge in [-0.05, 0) is 77.3 Å². The summed E-state index contributed by atoms with van der Waals surface area (Å²) in [6.07, 6.45) is 1.93. The van der Waals surface area contributed by atoms with Gasteiger partial charge in [-0.15, -0.1) is 11.3 Å². The SMILES string of the molecule is CCOc1ccc(-c2nc(CN3CCCC(CNC(=O)OC(C)(C)C)C3)cs2)cc1. The monoisotopic (exact) mass is 431 g/mol. The zero-order valence-corrected chi connectivity index (χ0v) is 19.3. The topological polar surface area (TPSA) is 63.7 Å². The fraction of sp³-hybridized carbons (Fsp3) is 0.565. The molecular weight excluding hydrogens is 398 g/mol. The Morgan fingerprint density at radius 1 is 1.30 bits per heavy atom. The Kier molecular flexibility index (Phi) is 7.72. The number of nitrogens with zero attached hydrogens (tertiary/aromatic N) is 2. The second kappa shape index (κ2) is 10.3. The average molecular weight is 432 g/mol. The van der Waals surface area contributed by atoms with Crippen LogP contribution in [0, 0.1) is 5.92 Å². The van der Waals surface area contributed by atoms with E-state index in [2.05, 4.69) is 27.7 Å².